The van der Waals surface area contributed by atoms with Crippen LogP contribution in [0, 0.1) is 5.82 Å². The van der Waals surface area contributed by atoms with E-state index in [4.69, 9.17) is 4.74 Å². The second-order valence-electron chi connectivity index (χ2n) is 7.61. The van der Waals surface area contributed by atoms with Crippen LogP contribution in [-0.4, -0.2) is 54.6 Å². The van der Waals surface area contributed by atoms with Gasteiger partial charge in [-0.25, -0.2) is 9.37 Å². The highest BCUT2D eigenvalue weighted by molar-refractivity contribution is 7.13. The minimum atomic E-state index is -0.343. The Bertz CT molecular complexity index is 752. The van der Waals surface area contributed by atoms with E-state index in [9.17, 15) is 4.39 Å². The van der Waals surface area contributed by atoms with Gasteiger partial charge in [0.2, 0.25) is 0 Å². The molecule has 1 fully saturated rings. The van der Waals surface area contributed by atoms with Gasteiger partial charge in [-0.1, -0.05) is 19.8 Å². The molecular formula is C21H31FN4OS. The lowest BCUT2D eigenvalue weighted by atomic mass is 10.2. The van der Waals surface area contributed by atoms with Gasteiger partial charge in [-0.05, 0) is 39.1 Å². The third kappa shape index (κ3) is 5.90. The van der Waals surface area contributed by atoms with E-state index in [2.05, 4.69) is 46.5 Å². The molecule has 0 aliphatic carbocycles. The smallest absolute Gasteiger partial charge is 0.187 e. The zero-order valence-corrected chi connectivity index (χ0v) is 17.9. The molecule has 3 rings (SSSR count). The van der Waals surface area contributed by atoms with Crippen molar-refractivity contribution in [3.8, 4) is 5.75 Å². The van der Waals surface area contributed by atoms with E-state index in [1.165, 1.54) is 12.5 Å². The number of anilines is 2. The Hall–Kier alpha value is -1.70. The van der Waals surface area contributed by atoms with E-state index in [0.29, 0.717) is 24.1 Å². The molecule has 2 aromatic rings. The van der Waals surface area contributed by atoms with Gasteiger partial charge in [0.25, 0.3) is 0 Å². The van der Waals surface area contributed by atoms with Crippen LogP contribution in [0.3, 0.4) is 0 Å². The summed E-state index contributed by atoms with van der Waals surface area (Å²) < 4.78 is 19.8. The van der Waals surface area contributed by atoms with Gasteiger partial charge in [-0.15, -0.1) is 11.3 Å². The molecule has 1 aromatic carbocycles. The van der Waals surface area contributed by atoms with Crippen LogP contribution in [-0.2, 0) is 6.54 Å². The SMILES string of the molecule is CCCCCOc1ccc(Nc2nc(CN3CCC(N(C)C)C3)cs2)cc1F. The molecule has 1 unspecified atom stereocenters. The first kappa shape index (κ1) is 21.0. The molecule has 28 heavy (non-hydrogen) atoms. The second kappa shape index (κ2) is 10.2. The molecule has 2 heterocycles. The largest absolute Gasteiger partial charge is 0.491 e. The van der Waals surface area contributed by atoms with Crippen LogP contribution < -0.4 is 10.1 Å². The average Bonchev–Trinajstić information content (AvgIpc) is 3.30. The van der Waals surface area contributed by atoms with Crippen molar-refractivity contribution in [3.05, 3.63) is 35.1 Å². The molecule has 1 saturated heterocycles. The van der Waals surface area contributed by atoms with Crippen molar-refractivity contribution < 1.29 is 9.13 Å². The van der Waals surface area contributed by atoms with E-state index in [1.807, 2.05) is 6.07 Å². The fourth-order valence-corrected chi connectivity index (χ4v) is 4.12. The van der Waals surface area contributed by atoms with Gasteiger partial charge in [0.05, 0.1) is 12.3 Å². The summed E-state index contributed by atoms with van der Waals surface area (Å²) >= 11 is 1.55. The number of benzene rings is 1. The predicted molar refractivity (Wildman–Crippen MR) is 114 cm³/mol. The predicted octanol–water partition coefficient (Wildman–Crippen LogP) is 4.73. The van der Waals surface area contributed by atoms with Gasteiger partial charge in [0.15, 0.2) is 16.7 Å². The van der Waals surface area contributed by atoms with Crippen LogP contribution in [0.25, 0.3) is 0 Å². The highest BCUT2D eigenvalue weighted by Crippen LogP contribution is 2.26. The Morgan fingerprint density at radius 2 is 2.21 bits per heavy atom. The van der Waals surface area contributed by atoms with Crippen molar-refractivity contribution in [2.45, 2.75) is 45.2 Å². The molecule has 154 valence electrons. The number of ether oxygens (including phenoxy) is 1. The van der Waals surface area contributed by atoms with Crippen molar-refractivity contribution in [2.75, 3.05) is 39.1 Å². The zero-order valence-electron chi connectivity index (χ0n) is 17.1. The Labute approximate surface area is 171 Å². The fourth-order valence-electron chi connectivity index (χ4n) is 3.40. The minimum absolute atomic E-state index is 0.311. The first-order valence-corrected chi connectivity index (χ1v) is 11.0. The first-order valence-electron chi connectivity index (χ1n) is 10.1. The van der Waals surface area contributed by atoms with Gasteiger partial charge in [-0.2, -0.15) is 0 Å². The first-order chi connectivity index (χ1) is 13.5. The summed E-state index contributed by atoms with van der Waals surface area (Å²) in [5, 5.41) is 6.07. The average molecular weight is 407 g/mol. The van der Waals surface area contributed by atoms with Gasteiger partial charge in [0, 0.05) is 42.8 Å². The number of hydrogen-bond donors (Lipinski definition) is 1. The third-order valence-electron chi connectivity index (χ3n) is 5.10. The number of likely N-dealkylation sites (N-methyl/N-ethyl adjacent to an activating group) is 1. The lowest BCUT2D eigenvalue weighted by Crippen LogP contribution is -2.31. The van der Waals surface area contributed by atoms with Crippen LogP contribution in [0.5, 0.6) is 5.75 Å². The molecule has 0 spiro atoms. The van der Waals surface area contributed by atoms with Crippen molar-refractivity contribution in [1.82, 2.24) is 14.8 Å². The van der Waals surface area contributed by atoms with Crippen LogP contribution in [0.1, 0.15) is 38.3 Å². The maximum Gasteiger partial charge on any atom is 0.187 e. The Balaban J connectivity index is 1.51. The number of thiazole rings is 1. The highest BCUT2D eigenvalue weighted by atomic mass is 32.1. The normalized spacial score (nSPS) is 17.4. The van der Waals surface area contributed by atoms with E-state index >= 15 is 0 Å². The fraction of sp³-hybridized carbons (Fsp3) is 0.571. The highest BCUT2D eigenvalue weighted by Gasteiger charge is 2.24. The standard InChI is InChI=1S/C21H31FN4OS/c1-4-5-6-11-27-20-8-7-16(12-19(20)22)23-21-24-17(15-28-21)13-26-10-9-18(14-26)25(2)3/h7-8,12,15,18H,4-6,9-11,13-14H2,1-3H3,(H,23,24). The summed E-state index contributed by atoms with van der Waals surface area (Å²) in [5.74, 6) is -0.0315. The van der Waals surface area contributed by atoms with E-state index in [0.717, 1.165) is 49.7 Å². The van der Waals surface area contributed by atoms with Gasteiger partial charge < -0.3 is 15.0 Å². The summed E-state index contributed by atoms with van der Waals surface area (Å²) in [6, 6.07) is 5.62. The topological polar surface area (TPSA) is 40.6 Å². The van der Waals surface area contributed by atoms with Crippen molar-refractivity contribution in [2.24, 2.45) is 0 Å². The monoisotopic (exact) mass is 406 g/mol. The van der Waals surface area contributed by atoms with Crippen LogP contribution >= 0.6 is 11.3 Å². The number of hydrogen-bond acceptors (Lipinski definition) is 6. The molecule has 0 bridgehead atoms. The van der Waals surface area contributed by atoms with Gasteiger partial charge in [-0.3, -0.25) is 4.90 Å². The van der Waals surface area contributed by atoms with Gasteiger partial charge in [0.1, 0.15) is 0 Å². The van der Waals surface area contributed by atoms with Crippen LogP contribution in [0.15, 0.2) is 23.6 Å². The lowest BCUT2D eigenvalue weighted by Gasteiger charge is -2.19. The Kier molecular flexibility index (Phi) is 7.65. The summed E-state index contributed by atoms with van der Waals surface area (Å²) in [4.78, 5) is 9.39. The second-order valence-corrected chi connectivity index (χ2v) is 8.47. The number of aromatic nitrogens is 1. The van der Waals surface area contributed by atoms with Crippen LogP contribution in [0.2, 0.25) is 0 Å². The minimum Gasteiger partial charge on any atom is -0.491 e. The summed E-state index contributed by atoms with van der Waals surface area (Å²) in [7, 11) is 4.28. The summed E-state index contributed by atoms with van der Waals surface area (Å²) in [5.41, 5.74) is 1.75. The Morgan fingerprint density at radius 3 is 2.93 bits per heavy atom. The maximum atomic E-state index is 14.2. The van der Waals surface area contributed by atoms with E-state index in [1.54, 1.807) is 17.4 Å². The molecule has 0 saturated carbocycles. The van der Waals surface area contributed by atoms with Crippen molar-refractivity contribution in [3.63, 3.8) is 0 Å². The molecule has 1 aliphatic rings. The van der Waals surface area contributed by atoms with Crippen molar-refractivity contribution in [1.29, 1.82) is 0 Å². The number of nitrogens with one attached hydrogen (secondary N) is 1. The molecule has 1 aliphatic heterocycles. The Morgan fingerprint density at radius 1 is 1.36 bits per heavy atom. The summed E-state index contributed by atoms with van der Waals surface area (Å²) in [6.07, 6.45) is 4.37. The van der Waals surface area contributed by atoms with Gasteiger partial charge >= 0.3 is 0 Å². The third-order valence-corrected chi connectivity index (χ3v) is 5.91. The quantitative estimate of drug-likeness (QED) is 0.578. The molecule has 0 amide bonds. The number of rotatable bonds is 10. The number of unbranched alkanes of at least 4 members (excludes halogenated alkanes) is 2. The lowest BCUT2D eigenvalue weighted by molar-refractivity contribution is 0.263. The van der Waals surface area contributed by atoms with E-state index in [-0.39, 0.29) is 5.82 Å². The molecule has 1 atom stereocenters. The maximum absolute atomic E-state index is 14.2. The van der Waals surface area contributed by atoms with Crippen molar-refractivity contribution >= 4 is 22.2 Å². The van der Waals surface area contributed by atoms with E-state index < -0.39 is 0 Å². The molecule has 1 aromatic heterocycles. The summed E-state index contributed by atoms with van der Waals surface area (Å²) in [6.45, 7) is 5.74. The number of nitrogens with zero attached hydrogens (tertiary/aromatic N) is 3. The molecule has 5 nitrogen and oxygen atoms in total. The number of halogens is 1. The zero-order chi connectivity index (χ0) is 19.9. The molecule has 7 heteroatoms. The molecular weight excluding hydrogens is 375 g/mol. The molecule has 1 N–H and O–H groups in total. The number of likely N-dealkylation sites (tertiary alicyclic amines) is 1. The molecule has 0 radical (unpaired) electrons. The van der Waals surface area contributed by atoms with Crippen LogP contribution in [0.4, 0.5) is 15.2 Å².